The number of rotatable bonds is 2. The molecule has 4 heteroatoms. The number of halogens is 1. The predicted molar refractivity (Wildman–Crippen MR) is 56.3 cm³/mol. The summed E-state index contributed by atoms with van der Waals surface area (Å²) in [5.41, 5.74) is 0. The van der Waals surface area contributed by atoms with Crippen LogP contribution >= 0.6 is 15.9 Å². The van der Waals surface area contributed by atoms with Gasteiger partial charge in [0.05, 0.1) is 9.73 Å². The molecule has 2 rings (SSSR count). The van der Waals surface area contributed by atoms with E-state index in [1.54, 1.807) is 12.1 Å². The van der Waals surface area contributed by atoms with Crippen LogP contribution in [0.15, 0.2) is 33.6 Å². The summed E-state index contributed by atoms with van der Waals surface area (Å²) in [6.45, 7) is 0. The lowest BCUT2D eigenvalue weighted by Crippen LogP contribution is -2.04. The maximum Gasteiger partial charge on any atom is 0.0755 e. The average molecular weight is 260 g/mol. The largest absolute Gasteiger partial charge is 0.249 e. The second kappa shape index (κ2) is 3.10. The lowest BCUT2D eigenvalue weighted by Gasteiger charge is -2.04. The summed E-state index contributed by atoms with van der Waals surface area (Å²) in [5, 5.41) is 0.105. The first-order valence-corrected chi connectivity index (χ1v) is 6.55. The van der Waals surface area contributed by atoms with Gasteiger partial charge in [-0.25, -0.2) is 8.99 Å². The van der Waals surface area contributed by atoms with E-state index in [0.717, 1.165) is 17.3 Å². The number of hydrogen-bond acceptors (Lipinski definition) is 2. The maximum absolute atomic E-state index is 11.9. The summed E-state index contributed by atoms with van der Waals surface area (Å²) in [5.74, 6) is 0. The average Bonchev–Trinajstić information content (AvgIpc) is 2.87. The Balaban J connectivity index is 2.40. The van der Waals surface area contributed by atoms with Gasteiger partial charge in [0.2, 0.25) is 0 Å². The lowest BCUT2D eigenvalue weighted by atomic mass is 10.4. The Bertz CT molecular complexity index is 406. The molecule has 1 aliphatic rings. The van der Waals surface area contributed by atoms with Gasteiger partial charge in [-0.2, -0.15) is 0 Å². The van der Waals surface area contributed by atoms with E-state index in [4.69, 9.17) is 4.78 Å². The Morgan fingerprint density at radius 3 is 2.31 bits per heavy atom. The fourth-order valence-electron chi connectivity index (χ4n) is 1.23. The third-order valence-electron chi connectivity index (χ3n) is 2.16. The van der Waals surface area contributed by atoms with E-state index in [-0.39, 0.29) is 5.25 Å². The minimum Gasteiger partial charge on any atom is -0.249 e. The molecular weight excluding hydrogens is 250 g/mol. The molecule has 2 nitrogen and oxygen atoms in total. The van der Waals surface area contributed by atoms with Crippen LogP contribution in [-0.4, -0.2) is 9.46 Å². The number of nitrogens with one attached hydrogen (secondary N) is 1. The molecule has 0 bridgehead atoms. The van der Waals surface area contributed by atoms with Gasteiger partial charge in [0, 0.05) is 14.6 Å². The highest BCUT2D eigenvalue weighted by Crippen LogP contribution is 2.34. The molecule has 70 valence electrons. The number of hydrogen-bond donors (Lipinski definition) is 1. The van der Waals surface area contributed by atoms with Crippen LogP contribution < -0.4 is 0 Å². The Morgan fingerprint density at radius 1 is 1.31 bits per heavy atom. The highest BCUT2D eigenvalue weighted by molar-refractivity contribution is 9.10. The third kappa shape index (κ3) is 1.79. The summed E-state index contributed by atoms with van der Waals surface area (Å²) in [4.78, 5) is 0.665. The van der Waals surface area contributed by atoms with Gasteiger partial charge in [0.1, 0.15) is 0 Å². The Kier molecular flexibility index (Phi) is 2.20. The summed E-state index contributed by atoms with van der Waals surface area (Å²) >= 11 is 3.31. The van der Waals surface area contributed by atoms with E-state index >= 15 is 0 Å². The summed E-state index contributed by atoms with van der Waals surface area (Å²) < 4.78 is 20.6. The normalized spacial score (nSPS) is 21.0. The first-order chi connectivity index (χ1) is 6.10. The van der Waals surface area contributed by atoms with Crippen LogP contribution in [0.3, 0.4) is 0 Å². The van der Waals surface area contributed by atoms with E-state index in [0.29, 0.717) is 4.90 Å². The zero-order chi connectivity index (χ0) is 9.47. The van der Waals surface area contributed by atoms with E-state index in [1.165, 1.54) is 0 Å². The second-order valence-electron chi connectivity index (χ2n) is 3.25. The molecule has 13 heavy (non-hydrogen) atoms. The summed E-state index contributed by atoms with van der Waals surface area (Å²) in [6.07, 6.45) is 1.89. The van der Waals surface area contributed by atoms with Crippen molar-refractivity contribution in [3.05, 3.63) is 28.7 Å². The van der Waals surface area contributed by atoms with Crippen molar-refractivity contribution in [1.29, 1.82) is 4.78 Å². The molecule has 1 N–H and O–H groups in total. The molecule has 1 aliphatic carbocycles. The van der Waals surface area contributed by atoms with Crippen LogP contribution in [0.1, 0.15) is 12.8 Å². The standard InChI is InChI=1S/C9H10BrNOS/c10-7-1-3-8(4-2-7)13(11,12)9-5-6-9/h1-4,9,11H,5-6H2/t13-/m1/s1. The first kappa shape index (κ1) is 9.21. The van der Waals surface area contributed by atoms with Gasteiger partial charge in [0.25, 0.3) is 0 Å². The lowest BCUT2D eigenvalue weighted by molar-refractivity contribution is 0.673. The zero-order valence-corrected chi connectivity index (χ0v) is 9.40. The van der Waals surface area contributed by atoms with Crippen molar-refractivity contribution in [3.8, 4) is 0 Å². The van der Waals surface area contributed by atoms with E-state index in [9.17, 15) is 4.21 Å². The molecule has 0 amide bonds. The molecule has 0 unspecified atom stereocenters. The van der Waals surface area contributed by atoms with Crippen molar-refractivity contribution in [2.45, 2.75) is 23.0 Å². The summed E-state index contributed by atoms with van der Waals surface area (Å²) in [7, 11) is -2.50. The molecule has 0 spiro atoms. The van der Waals surface area contributed by atoms with Gasteiger partial charge >= 0.3 is 0 Å². The Morgan fingerprint density at radius 2 is 1.85 bits per heavy atom. The Hall–Kier alpha value is -0.350. The SMILES string of the molecule is N=[S@@](=O)(c1ccc(Br)cc1)C1CC1. The van der Waals surface area contributed by atoms with Crippen molar-refractivity contribution in [2.24, 2.45) is 0 Å². The minimum absolute atomic E-state index is 0.105. The highest BCUT2D eigenvalue weighted by Gasteiger charge is 2.33. The van der Waals surface area contributed by atoms with Crippen molar-refractivity contribution in [3.63, 3.8) is 0 Å². The van der Waals surface area contributed by atoms with Gasteiger partial charge in [-0.1, -0.05) is 15.9 Å². The number of benzene rings is 1. The molecule has 0 saturated heterocycles. The van der Waals surface area contributed by atoms with Gasteiger partial charge < -0.3 is 0 Å². The smallest absolute Gasteiger partial charge is 0.0755 e. The van der Waals surface area contributed by atoms with Gasteiger partial charge in [-0.15, -0.1) is 0 Å². The topological polar surface area (TPSA) is 40.9 Å². The zero-order valence-electron chi connectivity index (χ0n) is 7.00. The Labute approximate surface area is 86.5 Å². The second-order valence-corrected chi connectivity index (χ2v) is 6.51. The molecule has 1 saturated carbocycles. The fourth-order valence-corrected chi connectivity index (χ4v) is 3.22. The highest BCUT2D eigenvalue weighted by atomic mass is 79.9. The first-order valence-electron chi connectivity index (χ1n) is 4.14. The van der Waals surface area contributed by atoms with Gasteiger partial charge in [0.15, 0.2) is 0 Å². The van der Waals surface area contributed by atoms with Crippen molar-refractivity contribution in [1.82, 2.24) is 0 Å². The molecule has 1 aromatic rings. The minimum atomic E-state index is -2.50. The molecule has 0 radical (unpaired) electrons. The van der Waals surface area contributed by atoms with Gasteiger partial charge in [-0.05, 0) is 37.1 Å². The van der Waals surface area contributed by atoms with Gasteiger partial charge in [-0.3, -0.25) is 0 Å². The molecule has 0 aliphatic heterocycles. The molecule has 0 aromatic heterocycles. The quantitative estimate of drug-likeness (QED) is 0.872. The summed E-state index contributed by atoms with van der Waals surface area (Å²) in [6, 6.07) is 7.23. The van der Waals surface area contributed by atoms with Crippen LogP contribution in [0.2, 0.25) is 0 Å². The van der Waals surface area contributed by atoms with Crippen molar-refractivity contribution < 1.29 is 4.21 Å². The molecule has 1 atom stereocenters. The maximum atomic E-state index is 11.9. The van der Waals surface area contributed by atoms with Crippen LogP contribution in [0.4, 0.5) is 0 Å². The van der Waals surface area contributed by atoms with E-state index in [1.807, 2.05) is 12.1 Å². The van der Waals surface area contributed by atoms with Crippen molar-refractivity contribution >= 4 is 25.7 Å². The molecule has 1 aromatic carbocycles. The molecule has 0 heterocycles. The van der Waals surface area contributed by atoms with E-state index < -0.39 is 9.73 Å². The van der Waals surface area contributed by atoms with Crippen LogP contribution in [-0.2, 0) is 9.73 Å². The van der Waals surface area contributed by atoms with Crippen LogP contribution in [0.5, 0.6) is 0 Å². The fraction of sp³-hybridized carbons (Fsp3) is 0.333. The van der Waals surface area contributed by atoms with E-state index in [2.05, 4.69) is 15.9 Å². The molecular formula is C9H10BrNOS. The molecule has 1 fully saturated rings. The predicted octanol–water partition coefficient (Wildman–Crippen LogP) is 3.02. The monoisotopic (exact) mass is 259 g/mol. The van der Waals surface area contributed by atoms with Crippen LogP contribution in [0.25, 0.3) is 0 Å². The van der Waals surface area contributed by atoms with Crippen molar-refractivity contribution in [2.75, 3.05) is 0 Å². The van der Waals surface area contributed by atoms with Crippen LogP contribution in [0, 0.1) is 4.78 Å². The third-order valence-corrected chi connectivity index (χ3v) is 5.07.